The zero-order chi connectivity index (χ0) is 22.4. The fourth-order valence-electron chi connectivity index (χ4n) is 3.15. The van der Waals surface area contributed by atoms with E-state index < -0.39 is 10.0 Å². The third kappa shape index (κ3) is 6.22. The van der Waals surface area contributed by atoms with Crippen molar-refractivity contribution in [2.45, 2.75) is 26.1 Å². The molecule has 0 aliphatic rings. The zero-order valence-electron chi connectivity index (χ0n) is 17.9. The second-order valence-electron chi connectivity index (χ2n) is 7.71. The van der Waals surface area contributed by atoms with E-state index in [0.29, 0.717) is 18.8 Å². The van der Waals surface area contributed by atoms with Gasteiger partial charge in [-0.2, -0.15) is 4.31 Å². The molecule has 0 bridgehead atoms. The van der Waals surface area contributed by atoms with Crippen LogP contribution >= 0.6 is 11.3 Å². The van der Waals surface area contributed by atoms with Gasteiger partial charge in [0.1, 0.15) is 5.69 Å². The Labute approximate surface area is 188 Å². The largest absolute Gasteiger partial charge is 0.354 e. The van der Waals surface area contributed by atoms with Crippen LogP contribution < -0.4 is 5.32 Å². The number of rotatable bonds is 9. The predicted molar refractivity (Wildman–Crippen MR) is 125 cm³/mol. The van der Waals surface area contributed by atoms with Crippen LogP contribution in [0.3, 0.4) is 0 Å². The van der Waals surface area contributed by atoms with Crippen molar-refractivity contribution >= 4 is 27.3 Å². The number of hydrogen-bond donors (Lipinski definition) is 1. The third-order valence-electron chi connectivity index (χ3n) is 4.66. The normalized spacial score (nSPS) is 11.8. The summed E-state index contributed by atoms with van der Waals surface area (Å²) >= 11 is 1.54. The van der Waals surface area contributed by atoms with Gasteiger partial charge in [0, 0.05) is 41.7 Å². The lowest BCUT2D eigenvalue weighted by Gasteiger charge is -2.23. The van der Waals surface area contributed by atoms with E-state index >= 15 is 0 Å². The fraction of sp³-hybridized carbons (Fsp3) is 0.304. The minimum Gasteiger partial charge on any atom is -0.354 e. The highest BCUT2D eigenvalue weighted by Crippen LogP contribution is 2.29. The standard InChI is InChI=1S/C23H27N3O3S2/c1-17(2)14-26(31(28,29)16-18-7-5-4-6-8-18)15-20-10-12-22(30-20)19-9-11-21(25-13-19)23(27)24-3/h4-13,17H,14-16H2,1-3H3,(H,24,27). The van der Waals surface area contributed by atoms with Crippen molar-refractivity contribution in [1.29, 1.82) is 0 Å². The predicted octanol–water partition coefficient (Wildman–Crippen LogP) is 4.16. The van der Waals surface area contributed by atoms with Crippen LogP contribution in [0.5, 0.6) is 0 Å². The van der Waals surface area contributed by atoms with E-state index in [0.717, 1.165) is 20.9 Å². The Morgan fingerprint density at radius 3 is 2.45 bits per heavy atom. The molecule has 2 aromatic heterocycles. The quantitative estimate of drug-likeness (QED) is 0.523. The van der Waals surface area contributed by atoms with Gasteiger partial charge in [-0.3, -0.25) is 9.78 Å². The molecule has 0 spiro atoms. The molecule has 1 N–H and O–H groups in total. The molecule has 164 valence electrons. The number of benzene rings is 1. The maximum atomic E-state index is 13.1. The number of pyridine rings is 1. The van der Waals surface area contributed by atoms with Crippen LogP contribution in [0.2, 0.25) is 0 Å². The summed E-state index contributed by atoms with van der Waals surface area (Å²) in [5.41, 5.74) is 2.04. The van der Waals surface area contributed by atoms with Gasteiger partial charge in [0.2, 0.25) is 10.0 Å². The van der Waals surface area contributed by atoms with Crippen molar-refractivity contribution in [2.75, 3.05) is 13.6 Å². The van der Waals surface area contributed by atoms with Crippen LogP contribution in [0, 0.1) is 5.92 Å². The summed E-state index contributed by atoms with van der Waals surface area (Å²) in [5.74, 6) is -0.0262. The Hall–Kier alpha value is -2.55. The van der Waals surface area contributed by atoms with Gasteiger partial charge < -0.3 is 5.32 Å². The molecule has 0 fully saturated rings. The summed E-state index contributed by atoms with van der Waals surface area (Å²) in [6, 6.07) is 16.7. The molecule has 0 unspecified atom stereocenters. The van der Waals surface area contributed by atoms with Gasteiger partial charge in [-0.05, 0) is 35.7 Å². The van der Waals surface area contributed by atoms with Gasteiger partial charge in [0.15, 0.2) is 0 Å². The van der Waals surface area contributed by atoms with Crippen LogP contribution in [0.25, 0.3) is 10.4 Å². The van der Waals surface area contributed by atoms with Crippen molar-refractivity contribution in [2.24, 2.45) is 5.92 Å². The molecule has 1 aromatic carbocycles. The molecule has 0 saturated carbocycles. The van der Waals surface area contributed by atoms with Crippen molar-refractivity contribution in [1.82, 2.24) is 14.6 Å². The van der Waals surface area contributed by atoms with Crippen molar-refractivity contribution in [3.05, 3.63) is 76.9 Å². The SMILES string of the molecule is CNC(=O)c1ccc(-c2ccc(CN(CC(C)C)S(=O)(=O)Cc3ccccc3)s2)cn1. The van der Waals surface area contributed by atoms with E-state index in [-0.39, 0.29) is 17.6 Å². The highest BCUT2D eigenvalue weighted by atomic mass is 32.2. The first-order chi connectivity index (χ1) is 14.8. The summed E-state index contributed by atoms with van der Waals surface area (Å²) in [5, 5.41) is 2.55. The first-order valence-electron chi connectivity index (χ1n) is 10.1. The van der Waals surface area contributed by atoms with Crippen LogP contribution in [0.15, 0.2) is 60.8 Å². The van der Waals surface area contributed by atoms with Gasteiger partial charge in [0.25, 0.3) is 5.91 Å². The van der Waals surface area contributed by atoms with Gasteiger partial charge in [0.05, 0.1) is 5.75 Å². The molecule has 0 aliphatic heterocycles. The first-order valence-corrected chi connectivity index (χ1v) is 12.5. The molecule has 0 atom stereocenters. The second kappa shape index (κ2) is 10.2. The summed E-state index contributed by atoms with van der Waals surface area (Å²) in [6.45, 7) is 4.83. The Kier molecular flexibility index (Phi) is 7.59. The minimum atomic E-state index is -3.46. The number of hydrogen-bond acceptors (Lipinski definition) is 5. The second-order valence-corrected chi connectivity index (χ2v) is 10.8. The van der Waals surface area contributed by atoms with E-state index in [9.17, 15) is 13.2 Å². The Bertz CT molecular complexity index is 1110. The number of nitrogens with zero attached hydrogens (tertiary/aromatic N) is 2. The molecular weight excluding hydrogens is 430 g/mol. The summed E-state index contributed by atoms with van der Waals surface area (Å²) in [6.07, 6.45) is 1.66. The van der Waals surface area contributed by atoms with Gasteiger partial charge in [-0.25, -0.2) is 8.42 Å². The van der Waals surface area contributed by atoms with Crippen molar-refractivity contribution in [3.8, 4) is 10.4 Å². The monoisotopic (exact) mass is 457 g/mol. The van der Waals surface area contributed by atoms with Crippen LogP contribution in [-0.2, 0) is 22.3 Å². The molecule has 8 heteroatoms. The summed E-state index contributed by atoms with van der Waals surface area (Å²) in [7, 11) is -1.89. The zero-order valence-corrected chi connectivity index (χ0v) is 19.5. The lowest BCUT2D eigenvalue weighted by Crippen LogP contribution is -2.34. The Balaban J connectivity index is 1.78. The summed E-state index contributed by atoms with van der Waals surface area (Å²) < 4.78 is 27.8. The third-order valence-corrected chi connectivity index (χ3v) is 7.54. The Morgan fingerprint density at radius 1 is 1.10 bits per heavy atom. The number of sulfonamides is 1. The molecule has 0 aliphatic carbocycles. The van der Waals surface area contributed by atoms with E-state index in [1.165, 1.54) is 11.3 Å². The number of carbonyl (C=O) groups is 1. The average molecular weight is 458 g/mol. The first kappa shape index (κ1) is 23.1. The number of amides is 1. The van der Waals surface area contributed by atoms with Crippen molar-refractivity contribution in [3.63, 3.8) is 0 Å². The van der Waals surface area contributed by atoms with E-state index in [1.807, 2.05) is 62.4 Å². The minimum absolute atomic E-state index is 0.0103. The van der Waals surface area contributed by atoms with Gasteiger partial charge in [-0.15, -0.1) is 11.3 Å². The van der Waals surface area contributed by atoms with E-state index in [1.54, 1.807) is 23.6 Å². The maximum Gasteiger partial charge on any atom is 0.269 e. The highest BCUT2D eigenvalue weighted by Gasteiger charge is 2.24. The number of carbonyl (C=O) groups excluding carboxylic acids is 1. The maximum absolute atomic E-state index is 13.1. The number of nitrogens with one attached hydrogen (secondary N) is 1. The smallest absolute Gasteiger partial charge is 0.269 e. The molecule has 31 heavy (non-hydrogen) atoms. The fourth-order valence-corrected chi connectivity index (χ4v) is 5.91. The summed E-state index contributed by atoms with van der Waals surface area (Å²) in [4.78, 5) is 17.8. The molecular formula is C23H27N3O3S2. The van der Waals surface area contributed by atoms with Gasteiger partial charge >= 0.3 is 0 Å². The molecule has 1 amide bonds. The van der Waals surface area contributed by atoms with E-state index in [2.05, 4.69) is 10.3 Å². The molecule has 0 radical (unpaired) electrons. The average Bonchev–Trinajstić information content (AvgIpc) is 3.21. The lowest BCUT2D eigenvalue weighted by molar-refractivity contribution is 0.0958. The van der Waals surface area contributed by atoms with Crippen LogP contribution in [0.1, 0.15) is 34.8 Å². The van der Waals surface area contributed by atoms with Gasteiger partial charge in [-0.1, -0.05) is 44.2 Å². The molecule has 3 aromatic rings. The molecule has 6 nitrogen and oxygen atoms in total. The van der Waals surface area contributed by atoms with Crippen LogP contribution in [-0.4, -0.2) is 37.2 Å². The lowest BCUT2D eigenvalue weighted by atomic mass is 10.2. The molecule has 0 saturated heterocycles. The highest BCUT2D eigenvalue weighted by molar-refractivity contribution is 7.88. The van der Waals surface area contributed by atoms with Crippen molar-refractivity contribution < 1.29 is 13.2 Å². The topological polar surface area (TPSA) is 79.4 Å². The van der Waals surface area contributed by atoms with E-state index in [4.69, 9.17) is 0 Å². The number of aromatic nitrogens is 1. The molecule has 2 heterocycles. The number of thiophene rings is 1. The Morgan fingerprint density at radius 2 is 1.84 bits per heavy atom. The molecule has 3 rings (SSSR count). The van der Waals surface area contributed by atoms with Crippen LogP contribution in [0.4, 0.5) is 0 Å².